The summed E-state index contributed by atoms with van der Waals surface area (Å²) in [5.41, 5.74) is 2.51. The summed E-state index contributed by atoms with van der Waals surface area (Å²) in [6, 6.07) is 18.7. The van der Waals surface area contributed by atoms with Crippen molar-refractivity contribution < 1.29 is 9.47 Å². The minimum Gasteiger partial charge on any atom is -0.497 e. The van der Waals surface area contributed by atoms with Crippen LogP contribution in [0, 0.1) is 0 Å². The van der Waals surface area contributed by atoms with Crippen LogP contribution in [0.15, 0.2) is 59.6 Å². The second-order valence-corrected chi connectivity index (χ2v) is 7.82. The number of aliphatic imine (C=N–C) groups is 1. The highest BCUT2D eigenvalue weighted by Crippen LogP contribution is 2.55. The number of hydrogen-bond acceptors (Lipinski definition) is 4. The third-order valence-electron chi connectivity index (χ3n) is 6.65. The standard InChI is InChI=1S/C24H24N2O2/c1-5-23(2)19-8-6-7-9-20(19)26(3)24(23)15-25-22-18-14-17(27-4)12-10-16(18)11-13-21(22)28-24/h6-15H,5H2,1-4H3. The van der Waals surface area contributed by atoms with Gasteiger partial charge in [-0.25, -0.2) is 0 Å². The van der Waals surface area contributed by atoms with E-state index in [-0.39, 0.29) is 5.41 Å². The van der Waals surface area contributed by atoms with Gasteiger partial charge in [0.25, 0.3) is 0 Å². The Kier molecular flexibility index (Phi) is 3.51. The number of likely N-dealkylation sites (N-methyl/N-ethyl adjacent to an activating group) is 1. The summed E-state index contributed by atoms with van der Waals surface area (Å²) in [5.74, 6) is 1.63. The molecular weight excluding hydrogens is 348 g/mol. The fourth-order valence-corrected chi connectivity index (χ4v) is 4.78. The Bertz CT molecular complexity index is 1120. The monoisotopic (exact) mass is 372 g/mol. The maximum Gasteiger partial charge on any atom is 0.228 e. The molecule has 3 aromatic rings. The maximum atomic E-state index is 6.80. The van der Waals surface area contributed by atoms with E-state index in [1.807, 2.05) is 24.4 Å². The van der Waals surface area contributed by atoms with Gasteiger partial charge in [0.1, 0.15) is 17.2 Å². The first kappa shape index (κ1) is 17.1. The summed E-state index contributed by atoms with van der Waals surface area (Å²) >= 11 is 0. The first-order valence-electron chi connectivity index (χ1n) is 9.72. The third kappa shape index (κ3) is 1.98. The lowest BCUT2D eigenvalue weighted by Crippen LogP contribution is -2.61. The molecule has 2 unspecified atom stereocenters. The molecule has 2 aliphatic rings. The molecule has 2 atom stereocenters. The second kappa shape index (κ2) is 5.74. The highest BCUT2D eigenvalue weighted by molar-refractivity contribution is 6.00. The number of methoxy groups -OCH3 is 1. The summed E-state index contributed by atoms with van der Waals surface area (Å²) in [6.07, 6.45) is 2.94. The molecule has 5 rings (SSSR count). The largest absolute Gasteiger partial charge is 0.497 e. The van der Waals surface area contributed by atoms with E-state index in [1.54, 1.807) is 7.11 Å². The molecule has 0 amide bonds. The number of rotatable bonds is 2. The Morgan fingerprint density at radius 3 is 2.68 bits per heavy atom. The predicted octanol–water partition coefficient (Wildman–Crippen LogP) is 5.46. The lowest BCUT2D eigenvalue weighted by molar-refractivity contribution is 0.0706. The van der Waals surface area contributed by atoms with E-state index in [1.165, 1.54) is 11.3 Å². The summed E-state index contributed by atoms with van der Waals surface area (Å²) in [5, 5.41) is 2.16. The van der Waals surface area contributed by atoms with Gasteiger partial charge in [-0.3, -0.25) is 4.99 Å². The van der Waals surface area contributed by atoms with Crippen LogP contribution in [0.4, 0.5) is 11.4 Å². The molecule has 3 aromatic carbocycles. The Balaban J connectivity index is 1.71. The van der Waals surface area contributed by atoms with Gasteiger partial charge in [0.05, 0.1) is 18.7 Å². The van der Waals surface area contributed by atoms with Crippen LogP contribution in [0.3, 0.4) is 0 Å². The number of anilines is 1. The van der Waals surface area contributed by atoms with E-state index >= 15 is 0 Å². The molecule has 2 heterocycles. The normalized spacial score (nSPS) is 24.9. The topological polar surface area (TPSA) is 34.1 Å². The van der Waals surface area contributed by atoms with Crippen LogP contribution in [0.1, 0.15) is 25.8 Å². The molecule has 0 N–H and O–H groups in total. The zero-order valence-corrected chi connectivity index (χ0v) is 16.7. The molecular formula is C24H24N2O2. The molecule has 142 valence electrons. The molecule has 0 saturated carbocycles. The second-order valence-electron chi connectivity index (χ2n) is 7.82. The van der Waals surface area contributed by atoms with Crippen molar-refractivity contribution in [1.82, 2.24) is 0 Å². The van der Waals surface area contributed by atoms with Crippen molar-refractivity contribution in [2.75, 3.05) is 19.1 Å². The fourth-order valence-electron chi connectivity index (χ4n) is 4.78. The van der Waals surface area contributed by atoms with Crippen molar-refractivity contribution in [1.29, 1.82) is 0 Å². The molecule has 0 aliphatic carbocycles. The van der Waals surface area contributed by atoms with Crippen LogP contribution >= 0.6 is 0 Å². The van der Waals surface area contributed by atoms with Crippen LogP contribution < -0.4 is 14.4 Å². The van der Waals surface area contributed by atoms with E-state index in [9.17, 15) is 0 Å². The highest BCUT2D eigenvalue weighted by atomic mass is 16.5. The van der Waals surface area contributed by atoms with Crippen LogP contribution in [0.25, 0.3) is 10.8 Å². The lowest BCUT2D eigenvalue weighted by atomic mass is 9.73. The first-order valence-corrected chi connectivity index (χ1v) is 9.72. The van der Waals surface area contributed by atoms with Crippen LogP contribution in [-0.2, 0) is 5.41 Å². The number of ether oxygens (including phenoxy) is 2. The Morgan fingerprint density at radius 2 is 1.89 bits per heavy atom. The molecule has 0 bridgehead atoms. The van der Waals surface area contributed by atoms with Gasteiger partial charge in [0, 0.05) is 18.1 Å². The quantitative estimate of drug-likeness (QED) is 0.599. The Labute approximate surface area is 165 Å². The van der Waals surface area contributed by atoms with Gasteiger partial charge >= 0.3 is 0 Å². The molecule has 0 fully saturated rings. The van der Waals surface area contributed by atoms with E-state index in [0.29, 0.717) is 0 Å². The average Bonchev–Trinajstić information content (AvgIpc) is 2.93. The fraction of sp³-hybridized carbons (Fsp3) is 0.292. The van der Waals surface area contributed by atoms with E-state index < -0.39 is 5.72 Å². The maximum absolute atomic E-state index is 6.80. The van der Waals surface area contributed by atoms with Gasteiger partial charge in [0.2, 0.25) is 5.72 Å². The molecule has 4 heteroatoms. The van der Waals surface area contributed by atoms with Crippen LogP contribution in [-0.4, -0.2) is 26.1 Å². The summed E-state index contributed by atoms with van der Waals surface area (Å²) < 4.78 is 12.2. The van der Waals surface area contributed by atoms with E-state index in [0.717, 1.165) is 34.4 Å². The predicted molar refractivity (Wildman–Crippen MR) is 114 cm³/mol. The van der Waals surface area contributed by atoms with Gasteiger partial charge < -0.3 is 14.4 Å². The molecule has 1 spiro atoms. The number of fused-ring (bicyclic) bond motifs is 4. The SMILES string of the molecule is CCC1(C)c2ccccc2N(C)C12C=Nc1c(ccc3ccc(OC)cc13)O2. The minimum absolute atomic E-state index is 0.205. The van der Waals surface area contributed by atoms with Crippen molar-refractivity contribution in [3.8, 4) is 11.5 Å². The molecule has 4 nitrogen and oxygen atoms in total. The molecule has 0 aromatic heterocycles. The van der Waals surface area contributed by atoms with E-state index in [2.05, 4.69) is 62.2 Å². The first-order chi connectivity index (χ1) is 13.5. The summed E-state index contributed by atoms with van der Waals surface area (Å²) in [7, 11) is 3.78. The average molecular weight is 372 g/mol. The van der Waals surface area contributed by atoms with Gasteiger partial charge in [0.15, 0.2) is 0 Å². The van der Waals surface area contributed by atoms with Gasteiger partial charge in [-0.1, -0.05) is 37.3 Å². The molecule has 2 aliphatic heterocycles. The van der Waals surface area contributed by atoms with Crippen molar-refractivity contribution in [3.63, 3.8) is 0 Å². The van der Waals surface area contributed by atoms with Crippen molar-refractivity contribution >= 4 is 28.4 Å². The minimum atomic E-state index is -0.648. The lowest BCUT2D eigenvalue weighted by Gasteiger charge is -2.46. The van der Waals surface area contributed by atoms with Gasteiger partial charge in [-0.2, -0.15) is 0 Å². The Morgan fingerprint density at radius 1 is 1.11 bits per heavy atom. The number of benzene rings is 3. The molecule has 0 saturated heterocycles. The summed E-state index contributed by atoms with van der Waals surface area (Å²) in [4.78, 5) is 7.19. The number of nitrogens with zero attached hydrogens (tertiary/aromatic N) is 2. The van der Waals surface area contributed by atoms with Crippen molar-refractivity contribution in [3.05, 3.63) is 60.2 Å². The smallest absolute Gasteiger partial charge is 0.228 e. The number of para-hydroxylation sites is 1. The number of hydrogen-bond donors (Lipinski definition) is 0. The zero-order chi connectivity index (χ0) is 19.5. The molecule has 0 radical (unpaired) electrons. The van der Waals surface area contributed by atoms with Crippen molar-refractivity contribution in [2.24, 2.45) is 4.99 Å². The van der Waals surface area contributed by atoms with Gasteiger partial charge in [-0.15, -0.1) is 0 Å². The van der Waals surface area contributed by atoms with Gasteiger partial charge in [-0.05, 0) is 48.6 Å². The van der Waals surface area contributed by atoms with Crippen molar-refractivity contribution in [2.45, 2.75) is 31.4 Å². The zero-order valence-electron chi connectivity index (χ0n) is 16.7. The van der Waals surface area contributed by atoms with E-state index in [4.69, 9.17) is 14.5 Å². The van der Waals surface area contributed by atoms with Crippen LogP contribution in [0.5, 0.6) is 11.5 Å². The highest BCUT2D eigenvalue weighted by Gasteiger charge is 2.60. The Hall–Kier alpha value is -3.01. The molecule has 28 heavy (non-hydrogen) atoms. The van der Waals surface area contributed by atoms with Crippen LogP contribution in [0.2, 0.25) is 0 Å². The summed E-state index contributed by atoms with van der Waals surface area (Å²) in [6.45, 7) is 4.49. The third-order valence-corrected chi connectivity index (χ3v) is 6.65.